The summed E-state index contributed by atoms with van der Waals surface area (Å²) in [6.07, 6.45) is 4.00. The molecule has 0 spiro atoms. The van der Waals surface area contributed by atoms with Crippen molar-refractivity contribution in [3.05, 3.63) is 41.0 Å². The van der Waals surface area contributed by atoms with Gasteiger partial charge in [0, 0.05) is 34.8 Å². The van der Waals surface area contributed by atoms with Crippen LogP contribution in [0.2, 0.25) is 5.02 Å². The predicted octanol–water partition coefficient (Wildman–Crippen LogP) is 2.84. The van der Waals surface area contributed by atoms with Crippen LogP contribution in [0.15, 0.2) is 30.5 Å². The second-order valence-corrected chi connectivity index (χ2v) is 5.46. The number of hydrogen-bond donors (Lipinski definition) is 1. The molecule has 1 N–H and O–H groups in total. The molecule has 3 nitrogen and oxygen atoms in total. The summed E-state index contributed by atoms with van der Waals surface area (Å²) < 4.78 is 0. The summed E-state index contributed by atoms with van der Waals surface area (Å²) in [5.41, 5.74) is 2.04. The zero-order chi connectivity index (χ0) is 13.2. The van der Waals surface area contributed by atoms with Crippen molar-refractivity contribution in [1.82, 2.24) is 9.88 Å². The minimum atomic E-state index is 0.218. The molecule has 2 heterocycles. The third kappa shape index (κ3) is 2.46. The normalized spacial score (nSPS) is 20.2. The first-order valence-electron chi connectivity index (χ1n) is 6.66. The summed E-state index contributed by atoms with van der Waals surface area (Å²) in [6, 6.07) is 8.18. The molecular formula is C15H17ClN2O. The summed E-state index contributed by atoms with van der Waals surface area (Å²) in [6.45, 7) is 2.00. The maximum Gasteiger partial charge on any atom is 0.0761 e. The molecule has 0 amide bonds. The Morgan fingerprint density at radius 1 is 1.37 bits per heavy atom. The number of likely N-dealkylation sites (tertiary alicyclic amines) is 1. The summed E-state index contributed by atoms with van der Waals surface area (Å²) in [5, 5.41) is 11.3. The van der Waals surface area contributed by atoms with Gasteiger partial charge in [0.2, 0.25) is 0 Å². The Labute approximate surface area is 117 Å². The van der Waals surface area contributed by atoms with E-state index in [1.165, 1.54) is 0 Å². The van der Waals surface area contributed by atoms with E-state index in [4.69, 9.17) is 11.6 Å². The third-order valence-corrected chi connectivity index (χ3v) is 4.25. The van der Waals surface area contributed by atoms with E-state index in [1.807, 2.05) is 18.2 Å². The number of nitrogens with zero attached hydrogens (tertiary/aromatic N) is 2. The summed E-state index contributed by atoms with van der Waals surface area (Å²) in [4.78, 5) is 6.76. The van der Waals surface area contributed by atoms with Gasteiger partial charge in [0.25, 0.3) is 0 Å². The van der Waals surface area contributed by atoms with E-state index < -0.39 is 0 Å². The Kier molecular flexibility index (Phi) is 3.69. The van der Waals surface area contributed by atoms with E-state index in [-0.39, 0.29) is 12.6 Å². The molecule has 1 aromatic heterocycles. The minimum absolute atomic E-state index is 0.218. The van der Waals surface area contributed by atoms with Crippen LogP contribution in [0.25, 0.3) is 10.9 Å². The monoisotopic (exact) mass is 276 g/mol. The molecule has 1 aromatic carbocycles. The second kappa shape index (κ2) is 5.45. The highest BCUT2D eigenvalue weighted by Gasteiger charge is 2.25. The Hall–Kier alpha value is -1.16. The lowest BCUT2D eigenvalue weighted by Crippen LogP contribution is -2.31. The molecule has 1 fully saturated rings. The predicted molar refractivity (Wildman–Crippen MR) is 77.3 cm³/mol. The maximum absolute atomic E-state index is 9.41. The smallest absolute Gasteiger partial charge is 0.0761 e. The lowest BCUT2D eigenvalue weighted by atomic mass is 10.1. The van der Waals surface area contributed by atoms with Crippen molar-refractivity contribution in [1.29, 1.82) is 0 Å². The van der Waals surface area contributed by atoms with Crippen LogP contribution in [0.4, 0.5) is 0 Å². The highest BCUT2D eigenvalue weighted by molar-refractivity contribution is 6.32. The minimum Gasteiger partial charge on any atom is -0.395 e. The summed E-state index contributed by atoms with van der Waals surface area (Å²) in [7, 11) is 0. The van der Waals surface area contributed by atoms with Crippen molar-refractivity contribution < 1.29 is 5.11 Å². The molecule has 0 unspecified atom stereocenters. The highest BCUT2D eigenvalue weighted by Crippen LogP contribution is 2.28. The standard InChI is InChI=1S/C15H17ClN2O/c16-14-6-5-11-3-1-7-17-15(11)13(14)9-18-8-2-4-12(18)10-19/h1,3,5-7,12,19H,2,4,8-10H2/t12-/m1/s1. The van der Waals surface area contributed by atoms with Gasteiger partial charge in [0.1, 0.15) is 0 Å². The molecule has 0 saturated carbocycles. The first-order valence-corrected chi connectivity index (χ1v) is 7.04. The fourth-order valence-electron chi connectivity index (χ4n) is 2.84. The van der Waals surface area contributed by atoms with Crippen LogP contribution in [-0.2, 0) is 6.54 Å². The first kappa shape index (κ1) is 12.9. The Morgan fingerprint density at radius 3 is 3.11 bits per heavy atom. The number of rotatable bonds is 3. The van der Waals surface area contributed by atoms with Crippen LogP contribution in [0, 0.1) is 0 Å². The summed E-state index contributed by atoms with van der Waals surface area (Å²) in [5.74, 6) is 0. The lowest BCUT2D eigenvalue weighted by molar-refractivity contribution is 0.154. The SMILES string of the molecule is OC[C@H]1CCCN1Cc1c(Cl)ccc2cccnc12. The van der Waals surface area contributed by atoms with Gasteiger partial charge in [0.05, 0.1) is 12.1 Å². The van der Waals surface area contributed by atoms with Crippen molar-refractivity contribution in [2.75, 3.05) is 13.2 Å². The lowest BCUT2D eigenvalue weighted by Gasteiger charge is -2.23. The van der Waals surface area contributed by atoms with E-state index in [2.05, 4.69) is 16.0 Å². The first-order chi connectivity index (χ1) is 9.29. The van der Waals surface area contributed by atoms with Crippen molar-refractivity contribution in [2.24, 2.45) is 0 Å². The van der Waals surface area contributed by atoms with Crippen molar-refractivity contribution >= 4 is 22.5 Å². The molecule has 0 radical (unpaired) electrons. The van der Waals surface area contributed by atoms with E-state index in [9.17, 15) is 5.11 Å². The molecule has 0 bridgehead atoms. The van der Waals surface area contributed by atoms with Crippen LogP contribution >= 0.6 is 11.6 Å². The average molecular weight is 277 g/mol. The van der Waals surface area contributed by atoms with Gasteiger partial charge in [-0.1, -0.05) is 23.7 Å². The highest BCUT2D eigenvalue weighted by atomic mass is 35.5. The van der Waals surface area contributed by atoms with Gasteiger partial charge in [-0.2, -0.15) is 0 Å². The van der Waals surface area contributed by atoms with Crippen LogP contribution < -0.4 is 0 Å². The van der Waals surface area contributed by atoms with Crippen molar-refractivity contribution in [3.63, 3.8) is 0 Å². The summed E-state index contributed by atoms with van der Waals surface area (Å²) >= 11 is 6.34. The largest absolute Gasteiger partial charge is 0.395 e. The molecule has 1 aliphatic rings. The van der Waals surface area contributed by atoms with E-state index >= 15 is 0 Å². The zero-order valence-electron chi connectivity index (χ0n) is 10.7. The maximum atomic E-state index is 9.41. The van der Waals surface area contributed by atoms with E-state index in [0.717, 1.165) is 47.4 Å². The number of benzene rings is 1. The quantitative estimate of drug-likeness (QED) is 0.936. The molecule has 19 heavy (non-hydrogen) atoms. The van der Waals surface area contributed by atoms with Gasteiger partial charge in [-0.25, -0.2) is 0 Å². The topological polar surface area (TPSA) is 36.4 Å². The van der Waals surface area contributed by atoms with Gasteiger partial charge in [-0.3, -0.25) is 9.88 Å². The van der Waals surface area contributed by atoms with Gasteiger partial charge in [0.15, 0.2) is 0 Å². The molecule has 1 atom stereocenters. The molecule has 1 aliphatic heterocycles. The molecule has 1 saturated heterocycles. The second-order valence-electron chi connectivity index (χ2n) is 5.05. The van der Waals surface area contributed by atoms with Crippen LogP contribution in [0.3, 0.4) is 0 Å². The Balaban J connectivity index is 1.98. The number of pyridine rings is 1. The van der Waals surface area contributed by atoms with Gasteiger partial charge in [-0.05, 0) is 31.5 Å². The molecular weight excluding hydrogens is 260 g/mol. The van der Waals surface area contributed by atoms with Gasteiger partial charge >= 0.3 is 0 Å². The number of aliphatic hydroxyl groups excluding tert-OH is 1. The number of aliphatic hydroxyl groups is 1. The Morgan fingerprint density at radius 2 is 2.26 bits per heavy atom. The number of hydrogen-bond acceptors (Lipinski definition) is 3. The fraction of sp³-hybridized carbons (Fsp3) is 0.400. The zero-order valence-corrected chi connectivity index (χ0v) is 11.5. The fourth-order valence-corrected chi connectivity index (χ4v) is 3.06. The molecule has 3 rings (SSSR count). The molecule has 4 heteroatoms. The average Bonchev–Trinajstić information content (AvgIpc) is 2.89. The van der Waals surface area contributed by atoms with E-state index in [0.29, 0.717) is 0 Å². The van der Waals surface area contributed by atoms with Gasteiger partial charge in [-0.15, -0.1) is 0 Å². The number of halogens is 1. The molecule has 2 aromatic rings. The molecule has 0 aliphatic carbocycles. The number of fused-ring (bicyclic) bond motifs is 1. The van der Waals surface area contributed by atoms with Crippen molar-refractivity contribution in [2.45, 2.75) is 25.4 Å². The Bertz CT molecular complexity index is 587. The van der Waals surface area contributed by atoms with Crippen LogP contribution in [0.1, 0.15) is 18.4 Å². The van der Waals surface area contributed by atoms with Crippen molar-refractivity contribution in [3.8, 4) is 0 Å². The number of aromatic nitrogens is 1. The molecule has 100 valence electrons. The van der Waals surface area contributed by atoms with Crippen LogP contribution in [-0.4, -0.2) is 34.2 Å². The van der Waals surface area contributed by atoms with Gasteiger partial charge < -0.3 is 5.11 Å². The van der Waals surface area contributed by atoms with Crippen LogP contribution in [0.5, 0.6) is 0 Å². The van der Waals surface area contributed by atoms with E-state index in [1.54, 1.807) is 6.20 Å². The third-order valence-electron chi connectivity index (χ3n) is 3.89.